The van der Waals surface area contributed by atoms with Crippen LogP contribution in [0, 0.1) is 23.7 Å². The minimum absolute atomic E-state index is 0.150. The van der Waals surface area contributed by atoms with Crippen LogP contribution in [0.3, 0.4) is 0 Å². The van der Waals surface area contributed by atoms with E-state index >= 15 is 0 Å². The molecule has 5 rings (SSSR count). The average Bonchev–Trinajstić information content (AvgIpc) is 3.41. The van der Waals surface area contributed by atoms with Gasteiger partial charge in [0.25, 0.3) is 11.8 Å². The Morgan fingerprint density at radius 3 is 2.43 bits per heavy atom. The van der Waals surface area contributed by atoms with Crippen LogP contribution in [0.15, 0.2) is 59.7 Å². The summed E-state index contributed by atoms with van der Waals surface area (Å²) in [5, 5.41) is 6.36. The van der Waals surface area contributed by atoms with Crippen LogP contribution in [0.5, 0.6) is 5.75 Å². The van der Waals surface area contributed by atoms with Gasteiger partial charge in [-0.05, 0) is 42.5 Å². The number of carbonyl (C=O) groups excluding carboxylic acids is 2. The number of hydrazone groups is 1. The average molecular weight is 441 g/mol. The highest BCUT2D eigenvalue weighted by Crippen LogP contribution is 2.52. The second-order valence-corrected chi connectivity index (χ2v) is 8.64. The van der Waals surface area contributed by atoms with E-state index in [1.807, 2.05) is 18.2 Å². The van der Waals surface area contributed by atoms with Gasteiger partial charge in [0.2, 0.25) is 0 Å². The van der Waals surface area contributed by atoms with Crippen LogP contribution in [0.25, 0.3) is 0 Å². The van der Waals surface area contributed by atoms with Crippen LogP contribution < -0.4 is 4.74 Å². The summed E-state index contributed by atoms with van der Waals surface area (Å²) in [5.74, 6) is -0.170. The Morgan fingerprint density at radius 1 is 1.03 bits per heavy atom. The number of carbonyl (C=O) groups is 2. The fourth-order valence-corrected chi connectivity index (χ4v) is 5.01. The molecule has 0 radical (unpaired) electrons. The first-order valence-corrected chi connectivity index (χ1v) is 10.5. The van der Waals surface area contributed by atoms with Crippen molar-refractivity contribution in [3.8, 4) is 5.75 Å². The molecule has 1 heterocycles. The van der Waals surface area contributed by atoms with Gasteiger partial charge in [0, 0.05) is 21.2 Å². The summed E-state index contributed by atoms with van der Waals surface area (Å²) in [5.41, 5.74) is 1.42. The number of ether oxygens (including phenoxy) is 1. The molecule has 0 unspecified atom stereocenters. The fraction of sp³-hybridized carbons (Fsp3) is 0.261. The molecule has 1 saturated heterocycles. The summed E-state index contributed by atoms with van der Waals surface area (Å²) in [6, 6.07) is 12.5. The van der Waals surface area contributed by atoms with Gasteiger partial charge < -0.3 is 4.74 Å². The number of allylic oxidation sites excluding steroid dienone is 2. The molecule has 2 amide bonds. The van der Waals surface area contributed by atoms with Gasteiger partial charge in [-0.15, -0.1) is 0 Å². The molecule has 0 N–H and O–H groups in total. The summed E-state index contributed by atoms with van der Waals surface area (Å²) in [6.45, 7) is 0.267. The standard InChI is InChI=1S/C23H18Cl2N2O3/c24-17-7-8-19(30-12-15-3-1-2-4-18(15)25)16(10-17)11-26-27-22(28)20-13-5-6-14(9-13)21(20)23(27)29/h1-8,10-11,13-14,20-21H,9,12H2/t13-,14-,20-,21+/m0/s1. The Kier molecular flexibility index (Phi) is 4.88. The summed E-state index contributed by atoms with van der Waals surface area (Å²) in [4.78, 5) is 25.6. The van der Waals surface area contributed by atoms with Gasteiger partial charge in [0.15, 0.2) is 0 Å². The summed E-state index contributed by atoms with van der Waals surface area (Å²) in [7, 11) is 0. The molecule has 152 valence electrons. The van der Waals surface area contributed by atoms with Crippen LogP contribution in [-0.2, 0) is 16.2 Å². The van der Waals surface area contributed by atoms with Crippen molar-refractivity contribution in [2.75, 3.05) is 0 Å². The molecule has 5 nitrogen and oxygen atoms in total. The van der Waals surface area contributed by atoms with E-state index in [0.29, 0.717) is 21.4 Å². The lowest BCUT2D eigenvalue weighted by Gasteiger charge is -2.13. The largest absolute Gasteiger partial charge is 0.488 e. The van der Waals surface area contributed by atoms with E-state index in [-0.39, 0.29) is 42.1 Å². The molecule has 3 aliphatic rings. The Bertz CT molecular complexity index is 1070. The van der Waals surface area contributed by atoms with E-state index < -0.39 is 0 Å². The van der Waals surface area contributed by atoms with Crippen molar-refractivity contribution in [1.29, 1.82) is 0 Å². The monoisotopic (exact) mass is 440 g/mol. The van der Waals surface area contributed by atoms with Crippen LogP contribution in [0.1, 0.15) is 17.5 Å². The zero-order valence-corrected chi connectivity index (χ0v) is 17.4. The van der Waals surface area contributed by atoms with E-state index in [2.05, 4.69) is 17.3 Å². The van der Waals surface area contributed by atoms with Gasteiger partial charge in [0.05, 0.1) is 18.1 Å². The van der Waals surface area contributed by atoms with Gasteiger partial charge in [0.1, 0.15) is 12.4 Å². The van der Waals surface area contributed by atoms with Crippen LogP contribution >= 0.6 is 23.2 Å². The number of benzene rings is 2. The van der Waals surface area contributed by atoms with Crippen LogP contribution in [-0.4, -0.2) is 23.0 Å². The fourth-order valence-electron chi connectivity index (χ4n) is 4.64. The van der Waals surface area contributed by atoms with E-state index in [4.69, 9.17) is 27.9 Å². The third-order valence-electron chi connectivity index (χ3n) is 6.07. The SMILES string of the molecule is O=C1[C@@H]2[C@H](C(=O)N1N=Cc1cc(Cl)ccc1OCc1ccccc1Cl)[C@H]1C=C[C@H]2C1. The van der Waals surface area contributed by atoms with Crippen molar-refractivity contribution in [1.82, 2.24) is 5.01 Å². The number of hydrogen-bond acceptors (Lipinski definition) is 4. The number of amides is 2. The highest BCUT2D eigenvalue weighted by Gasteiger charge is 2.59. The molecule has 0 aromatic heterocycles. The lowest BCUT2D eigenvalue weighted by molar-refractivity contribution is -0.140. The predicted octanol–water partition coefficient (Wildman–Crippen LogP) is 4.71. The van der Waals surface area contributed by atoms with Crippen LogP contribution in [0.4, 0.5) is 0 Å². The van der Waals surface area contributed by atoms with Crippen molar-refractivity contribution < 1.29 is 14.3 Å². The number of nitrogens with zero attached hydrogens (tertiary/aromatic N) is 2. The second-order valence-electron chi connectivity index (χ2n) is 7.79. The molecular weight excluding hydrogens is 423 g/mol. The van der Waals surface area contributed by atoms with E-state index in [1.165, 1.54) is 6.21 Å². The highest BCUT2D eigenvalue weighted by molar-refractivity contribution is 6.31. The zero-order valence-electron chi connectivity index (χ0n) is 15.9. The number of rotatable bonds is 5. The molecule has 4 atom stereocenters. The maximum atomic E-state index is 12.8. The van der Waals surface area contributed by atoms with Gasteiger partial charge in [-0.25, -0.2) is 0 Å². The van der Waals surface area contributed by atoms with Crippen molar-refractivity contribution in [3.63, 3.8) is 0 Å². The zero-order chi connectivity index (χ0) is 20.8. The number of fused-ring (bicyclic) bond motifs is 5. The molecule has 1 aliphatic heterocycles. The smallest absolute Gasteiger partial charge is 0.254 e. The van der Waals surface area contributed by atoms with Crippen molar-refractivity contribution in [3.05, 3.63) is 75.8 Å². The first-order chi connectivity index (χ1) is 14.5. The Labute approximate surface area is 183 Å². The Hall–Kier alpha value is -2.63. The Morgan fingerprint density at radius 2 is 1.73 bits per heavy atom. The normalized spacial score (nSPS) is 26.8. The van der Waals surface area contributed by atoms with Gasteiger partial charge in [-0.3, -0.25) is 9.59 Å². The topological polar surface area (TPSA) is 59.0 Å². The summed E-state index contributed by atoms with van der Waals surface area (Å²) in [6.07, 6.45) is 6.46. The lowest BCUT2D eigenvalue weighted by atomic mass is 9.85. The molecule has 7 heteroatoms. The molecule has 30 heavy (non-hydrogen) atoms. The Balaban J connectivity index is 1.36. The molecular formula is C23H18Cl2N2O3. The minimum atomic E-state index is -0.278. The van der Waals surface area contributed by atoms with Crippen LogP contribution in [0.2, 0.25) is 10.0 Å². The van der Waals surface area contributed by atoms with Gasteiger partial charge in [-0.1, -0.05) is 53.6 Å². The molecule has 2 aromatic rings. The van der Waals surface area contributed by atoms with E-state index in [9.17, 15) is 9.59 Å². The van der Waals surface area contributed by atoms with E-state index in [1.54, 1.807) is 24.3 Å². The number of imide groups is 1. The van der Waals surface area contributed by atoms with E-state index in [0.717, 1.165) is 17.0 Å². The first-order valence-electron chi connectivity index (χ1n) is 9.79. The second kappa shape index (κ2) is 7.56. The van der Waals surface area contributed by atoms with Gasteiger partial charge >= 0.3 is 0 Å². The summed E-state index contributed by atoms with van der Waals surface area (Å²) >= 11 is 12.3. The van der Waals surface area contributed by atoms with Crippen molar-refractivity contribution in [2.24, 2.45) is 28.8 Å². The number of hydrogen-bond donors (Lipinski definition) is 0. The predicted molar refractivity (Wildman–Crippen MR) is 114 cm³/mol. The molecule has 2 bridgehead atoms. The summed E-state index contributed by atoms with van der Waals surface area (Å²) < 4.78 is 5.91. The van der Waals surface area contributed by atoms with Crippen molar-refractivity contribution >= 4 is 41.2 Å². The number of halogens is 2. The first kappa shape index (κ1) is 19.3. The molecule has 2 fully saturated rings. The maximum absolute atomic E-state index is 12.8. The third-order valence-corrected chi connectivity index (χ3v) is 6.68. The van der Waals surface area contributed by atoms with Gasteiger partial charge in [-0.2, -0.15) is 10.1 Å². The highest BCUT2D eigenvalue weighted by atomic mass is 35.5. The molecule has 2 aromatic carbocycles. The lowest BCUT2D eigenvalue weighted by Crippen LogP contribution is -2.28. The molecule has 1 saturated carbocycles. The third kappa shape index (κ3) is 3.22. The maximum Gasteiger partial charge on any atom is 0.254 e. The molecule has 2 aliphatic carbocycles. The minimum Gasteiger partial charge on any atom is -0.488 e. The quantitative estimate of drug-likeness (QED) is 0.384. The molecule has 0 spiro atoms. The van der Waals surface area contributed by atoms with Crippen molar-refractivity contribution in [2.45, 2.75) is 13.0 Å².